The van der Waals surface area contributed by atoms with Gasteiger partial charge in [-0.2, -0.15) is 0 Å². The highest BCUT2D eigenvalue weighted by Gasteiger charge is 2.41. The molecule has 176 valence electrons. The molecule has 0 unspecified atom stereocenters. The second-order valence-corrected chi connectivity index (χ2v) is 9.30. The highest BCUT2D eigenvalue weighted by atomic mass is 16.2. The Morgan fingerprint density at radius 2 is 1.58 bits per heavy atom. The van der Waals surface area contributed by atoms with E-state index in [-0.39, 0.29) is 17.8 Å². The van der Waals surface area contributed by atoms with Crippen molar-refractivity contribution in [1.82, 2.24) is 14.7 Å². The zero-order valence-electron chi connectivity index (χ0n) is 18.7. The quantitative estimate of drug-likeness (QED) is 0.221. The van der Waals surface area contributed by atoms with E-state index in [0.717, 1.165) is 64.7 Å². The standard InChI is InChI=1S/C21H40N8O2/c22-17(4-3-9-26-20(23)24)18(30)28-14-12-27(13-15-28)16-5-10-29(11-6-16)19(31)21(25)7-1-2-8-21/h16-17H,1-15,22,25H2,(H4,23,24,26)/t17-/m0/s1. The van der Waals surface area contributed by atoms with Crippen molar-refractivity contribution in [2.24, 2.45) is 27.9 Å². The molecule has 0 radical (unpaired) electrons. The van der Waals surface area contributed by atoms with Crippen LogP contribution >= 0.6 is 0 Å². The Bertz CT molecular complexity index is 644. The van der Waals surface area contributed by atoms with E-state index in [1.807, 2.05) is 9.80 Å². The normalized spacial score (nSPS) is 23.5. The van der Waals surface area contributed by atoms with Crippen molar-refractivity contribution in [3.05, 3.63) is 0 Å². The van der Waals surface area contributed by atoms with Crippen molar-refractivity contribution in [3.8, 4) is 0 Å². The number of piperidine rings is 1. The summed E-state index contributed by atoms with van der Waals surface area (Å²) in [6.45, 7) is 5.16. The molecule has 10 nitrogen and oxygen atoms in total. The van der Waals surface area contributed by atoms with E-state index in [1.165, 1.54) is 0 Å². The third kappa shape index (κ3) is 6.08. The van der Waals surface area contributed by atoms with Crippen molar-refractivity contribution in [3.63, 3.8) is 0 Å². The number of rotatable bonds is 7. The van der Waals surface area contributed by atoms with E-state index in [1.54, 1.807) is 0 Å². The van der Waals surface area contributed by atoms with Gasteiger partial charge in [-0.05, 0) is 38.5 Å². The van der Waals surface area contributed by atoms with Gasteiger partial charge >= 0.3 is 0 Å². The fourth-order valence-electron chi connectivity index (χ4n) is 5.15. The molecule has 8 N–H and O–H groups in total. The first-order valence-electron chi connectivity index (χ1n) is 11.7. The second-order valence-electron chi connectivity index (χ2n) is 9.30. The molecule has 10 heteroatoms. The van der Waals surface area contributed by atoms with Crippen LogP contribution in [0, 0.1) is 0 Å². The molecule has 0 aromatic rings. The number of nitrogens with two attached hydrogens (primary N) is 4. The van der Waals surface area contributed by atoms with Crippen LogP contribution in [0.25, 0.3) is 0 Å². The van der Waals surface area contributed by atoms with Crippen LogP contribution in [0.1, 0.15) is 51.4 Å². The predicted molar refractivity (Wildman–Crippen MR) is 121 cm³/mol. The minimum atomic E-state index is -0.624. The van der Waals surface area contributed by atoms with Gasteiger partial charge in [0.1, 0.15) is 0 Å². The molecule has 2 amide bonds. The second kappa shape index (κ2) is 10.6. The summed E-state index contributed by atoms with van der Waals surface area (Å²) >= 11 is 0. The summed E-state index contributed by atoms with van der Waals surface area (Å²) in [4.78, 5) is 35.7. The van der Waals surface area contributed by atoms with Gasteiger partial charge in [-0.1, -0.05) is 12.8 Å². The monoisotopic (exact) mass is 436 g/mol. The number of likely N-dealkylation sites (tertiary alicyclic amines) is 1. The van der Waals surface area contributed by atoms with Gasteiger partial charge in [0.05, 0.1) is 11.6 Å². The van der Waals surface area contributed by atoms with Crippen molar-refractivity contribution >= 4 is 17.8 Å². The summed E-state index contributed by atoms with van der Waals surface area (Å²) in [5.74, 6) is 0.217. The maximum Gasteiger partial charge on any atom is 0.242 e. The van der Waals surface area contributed by atoms with Gasteiger partial charge in [0.25, 0.3) is 0 Å². The minimum absolute atomic E-state index is 0.00886. The van der Waals surface area contributed by atoms with Crippen LogP contribution in [0.4, 0.5) is 0 Å². The Labute approximate surface area is 185 Å². The molecule has 1 saturated carbocycles. The molecular weight excluding hydrogens is 396 g/mol. The average Bonchev–Trinajstić information content (AvgIpc) is 3.23. The fourth-order valence-corrected chi connectivity index (χ4v) is 5.15. The van der Waals surface area contributed by atoms with Crippen LogP contribution in [0.15, 0.2) is 4.99 Å². The summed E-state index contributed by atoms with van der Waals surface area (Å²) < 4.78 is 0. The van der Waals surface area contributed by atoms with Gasteiger partial charge in [0.15, 0.2) is 5.96 Å². The number of hydrogen-bond donors (Lipinski definition) is 4. The van der Waals surface area contributed by atoms with Crippen LogP contribution in [-0.2, 0) is 9.59 Å². The Hall–Kier alpha value is -1.91. The lowest BCUT2D eigenvalue weighted by atomic mass is 9.94. The average molecular weight is 437 g/mol. The number of hydrogen-bond acceptors (Lipinski definition) is 6. The molecule has 2 heterocycles. The molecule has 0 spiro atoms. The lowest BCUT2D eigenvalue weighted by Gasteiger charge is -2.44. The number of nitrogens with zero attached hydrogens (tertiary/aromatic N) is 4. The van der Waals surface area contributed by atoms with Gasteiger partial charge in [-0.25, -0.2) is 0 Å². The smallest absolute Gasteiger partial charge is 0.242 e. The summed E-state index contributed by atoms with van der Waals surface area (Å²) in [6.07, 6.45) is 6.96. The van der Waals surface area contributed by atoms with Crippen LogP contribution in [0.5, 0.6) is 0 Å². The molecular formula is C21H40N8O2. The maximum atomic E-state index is 12.8. The van der Waals surface area contributed by atoms with Crippen LogP contribution in [0.2, 0.25) is 0 Å². The number of guanidine groups is 1. The zero-order chi connectivity index (χ0) is 22.4. The third-order valence-corrected chi connectivity index (χ3v) is 7.10. The predicted octanol–water partition coefficient (Wildman–Crippen LogP) is -1.23. The van der Waals surface area contributed by atoms with E-state index >= 15 is 0 Å². The molecule has 1 atom stereocenters. The topological polar surface area (TPSA) is 160 Å². The number of amides is 2. The molecule has 3 aliphatic rings. The first-order valence-corrected chi connectivity index (χ1v) is 11.7. The lowest BCUT2D eigenvalue weighted by Crippen LogP contribution is -2.59. The fraction of sp³-hybridized carbons (Fsp3) is 0.857. The first kappa shape index (κ1) is 23.7. The van der Waals surface area contributed by atoms with Gasteiger partial charge in [-0.3, -0.25) is 19.5 Å². The molecule has 2 aliphatic heterocycles. The van der Waals surface area contributed by atoms with Gasteiger partial charge in [0.2, 0.25) is 11.8 Å². The minimum Gasteiger partial charge on any atom is -0.370 e. The highest BCUT2D eigenvalue weighted by molar-refractivity contribution is 5.86. The Balaban J connectivity index is 1.38. The molecule has 1 aliphatic carbocycles. The molecule has 0 aromatic carbocycles. The Kier molecular flexibility index (Phi) is 8.12. The number of aliphatic imine (C=N–C) groups is 1. The summed E-state index contributed by atoms with van der Waals surface area (Å²) in [5.41, 5.74) is 22.4. The lowest BCUT2D eigenvalue weighted by molar-refractivity contribution is -0.139. The largest absolute Gasteiger partial charge is 0.370 e. The highest BCUT2D eigenvalue weighted by Crippen LogP contribution is 2.30. The van der Waals surface area contributed by atoms with Crippen molar-refractivity contribution in [2.75, 3.05) is 45.8 Å². The van der Waals surface area contributed by atoms with Crippen LogP contribution < -0.4 is 22.9 Å². The van der Waals surface area contributed by atoms with Gasteiger partial charge in [0, 0.05) is 51.9 Å². The Morgan fingerprint density at radius 3 is 2.16 bits per heavy atom. The van der Waals surface area contributed by atoms with E-state index < -0.39 is 11.6 Å². The first-order chi connectivity index (χ1) is 14.8. The SMILES string of the molecule is NC(N)=NCCC[C@H](N)C(=O)N1CCN(C2CCN(C(=O)C3(N)CCCC3)CC2)CC1. The summed E-state index contributed by atoms with van der Waals surface area (Å²) in [7, 11) is 0. The molecule has 31 heavy (non-hydrogen) atoms. The maximum absolute atomic E-state index is 12.8. The number of carbonyl (C=O) groups excluding carboxylic acids is 2. The molecule has 2 saturated heterocycles. The Morgan fingerprint density at radius 1 is 0.968 bits per heavy atom. The summed E-state index contributed by atoms with van der Waals surface area (Å²) in [6, 6.07) is -0.0407. The van der Waals surface area contributed by atoms with Gasteiger partial charge in [-0.15, -0.1) is 0 Å². The molecule has 0 bridgehead atoms. The zero-order valence-corrected chi connectivity index (χ0v) is 18.7. The number of piperazine rings is 1. The molecule has 3 rings (SSSR count). The number of carbonyl (C=O) groups is 2. The van der Waals surface area contributed by atoms with Crippen molar-refractivity contribution in [2.45, 2.75) is 69.0 Å². The van der Waals surface area contributed by atoms with E-state index in [2.05, 4.69) is 9.89 Å². The van der Waals surface area contributed by atoms with Crippen molar-refractivity contribution < 1.29 is 9.59 Å². The van der Waals surface area contributed by atoms with Crippen molar-refractivity contribution in [1.29, 1.82) is 0 Å². The molecule has 3 fully saturated rings. The van der Waals surface area contributed by atoms with Crippen LogP contribution in [0.3, 0.4) is 0 Å². The third-order valence-electron chi connectivity index (χ3n) is 7.10. The van der Waals surface area contributed by atoms with E-state index in [9.17, 15) is 9.59 Å². The van der Waals surface area contributed by atoms with E-state index in [0.29, 0.717) is 38.5 Å². The van der Waals surface area contributed by atoms with Gasteiger partial charge < -0.3 is 32.7 Å². The molecule has 0 aromatic heterocycles. The van der Waals surface area contributed by atoms with E-state index in [4.69, 9.17) is 22.9 Å². The summed E-state index contributed by atoms with van der Waals surface area (Å²) in [5, 5.41) is 0. The van der Waals surface area contributed by atoms with Crippen LogP contribution in [-0.4, -0.2) is 95.9 Å².